The van der Waals surface area contributed by atoms with Crippen LogP contribution in [0.15, 0.2) is 129 Å². The van der Waals surface area contributed by atoms with E-state index in [2.05, 4.69) is 91.9 Å². The Hall–Kier alpha value is -6.49. The first-order chi connectivity index (χ1) is 37.0. The van der Waals surface area contributed by atoms with Crippen LogP contribution in [-0.4, -0.2) is 89.6 Å². The Bertz CT molecular complexity index is 3960. The molecule has 0 aliphatic carbocycles. The number of ketones is 1. The fourth-order valence-electron chi connectivity index (χ4n) is 7.42. The number of benzene rings is 3. The standard InChI is InChI=1S/C17H17BrFN3O3S.C17H15BrFN3O3S.C10H12FNO3S.C7H5BrN2/c2*1-2-6-26(24,25)22-14-5-3-4-11(15(14)19)16(23)13-9-21-17-12(13)7-10(18)8-20-17;1-2-6-16(14,15)12-9-5-3-4-8(7-13)10(9)11;8-6-3-5-1-2-9-7(5)10-4-6/h3-5,7-9,16,22-23H,2,6H2,1H3,(H,20,21);3-5,7-9,22H,2,6H2,1H3,(H,20,21);3-5,7,12H,2,6H2,1H3;1-4H,(H,9,10). The van der Waals surface area contributed by atoms with Gasteiger partial charge in [-0.1, -0.05) is 45.0 Å². The van der Waals surface area contributed by atoms with Crippen LogP contribution in [0.2, 0.25) is 0 Å². The van der Waals surface area contributed by atoms with Crippen LogP contribution < -0.4 is 14.2 Å². The van der Waals surface area contributed by atoms with Crippen LogP contribution in [0.5, 0.6) is 0 Å². The third-order valence-electron chi connectivity index (χ3n) is 10.9. The summed E-state index contributed by atoms with van der Waals surface area (Å²) in [5.74, 6) is -3.46. The second-order valence-corrected chi connectivity index (χ2v) is 25.1. The van der Waals surface area contributed by atoms with E-state index in [9.17, 15) is 53.1 Å². The number of fused-ring (bicyclic) bond motifs is 3. The number of anilines is 3. The lowest BCUT2D eigenvalue weighted by Crippen LogP contribution is -2.18. The van der Waals surface area contributed by atoms with Crippen LogP contribution >= 0.6 is 47.8 Å². The molecule has 0 aliphatic rings. The van der Waals surface area contributed by atoms with Crippen LogP contribution in [0.1, 0.15) is 83.5 Å². The van der Waals surface area contributed by atoms with E-state index >= 15 is 0 Å². The molecule has 6 aromatic heterocycles. The summed E-state index contributed by atoms with van der Waals surface area (Å²) in [7, 11) is -10.8. The van der Waals surface area contributed by atoms with Gasteiger partial charge in [-0.25, -0.2) is 53.4 Å². The molecule has 412 valence electrons. The minimum Gasteiger partial charge on any atom is -0.383 e. The maximum absolute atomic E-state index is 14.8. The highest BCUT2D eigenvalue weighted by atomic mass is 79.9. The van der Waals surface area contributed by atoms with E-state index in [0.29, 0.717) is 57.7 Å². The summed E-state index contributed by atoms with van der Waals surface area (Å²) in [4.78, 5) is 44.6. The van der Waals surface area contributed by atoms with Gasteiger partial charge in [0.1, 0.15) is 23.0 Å². The van der Waals surface area contributed by atoms with E-state index in [0.717, 1.165) is 20.0 Å². The Balaban J connectivity index is 0.000000177. The maximum Gasteiger partial charge on any atom is 0.232 e. The van der Waals surface area contributed by atoms with Crippen molar-refractivity contribution in [2.45, 2.75) is 46.1 Å². The van der Waals surface area contributed by atoms with Crippen molar-refractivity contribution in [3.8, 4) is 0 Å². The molecule has 0 bridgehead atoms. The zero-order chi connectivity index (χ0) is 57.0. The van der Waals surface area contributed by atoms with Crippen molar-refractivity contribution in [1.29, 1.82) is 0 Å². The molecule has 0 radical (unpaired) electrons. The van der Waals surface area contributed by atoms with Crippen molar-refractivity contribution in [3.63, 3.8) is 0 Å². The number of pyridine rings is 3. The van der Waals surface area contributed by atoms with E-state index in [4.69, 9.17) is 0 Å². The third-order valence-corrected chi connectivity index (χ3v) is 16.6. The zero-order valence-corrected chi connectivity index (χ0v) is 48.6. The predicted octanol–water partition coefficient (Wildman–Crippen LogP) is 11.7. The summed E-state index contributed by atoms with van der Waals surface area (Å²) in [5, 5.41) is 13.0. The topological polar surface area (TPSA) is 279 Å². The van der Waals surface area contributed by atoms with Crippen LogP contribution in [0.25, 0.3) is 33.1 Å². The summed E-state index contributed by atoms with van der Waals surface area (Å²) < 4.78 is 122. The Kier molecular flexibility index (Phi) is 21.0. The van der Waals surface area contributed by atoms with Crippen molar-refractivity contribution >= 4 is 140 Å². The third kappa shape index (κ3) is 15.8. The normalized spacial score (nSPS) is 11.9. The van der Waals surface area contributed by atoms with Gasteiger partial charge in [0.25, 0.3) is 0 Å². The SMILES string of the molecule is Brc1cnc2[nH]ccc2c1.CCCS(=O)(=O)Nc1cccc(C(=O)c2c[nH]c3ncc(Br)cc23)c1F.CCCS(=O)(=O)Nc1cccc(C(O)c2c[nH]c3ncc(Br)cc23)c1F.CCCS(=O)(=O)Nc1cccc(C=O)c1F. The molecule has 0 aliphatic heterocycles. The average molecular weight is 1320 g/mol. The Morgan fingerprint density at radius 3 is 1.63 bits per heavy atom. The highest BCUT2D eigenvalue weighted by molar-refractivity contribution is 9.11. The van der Waals surface area contributed by atoms with Gasteiger partial charge in [0.2, 0.25) is 30.1 Å². The summed E-state index contributed by atoms with van der Waals surface area (Å²) in [6, 6.07) is 19.7. The number of rotatable bonds is 17. The number of H-pyrrole nitrogens is 3. The summed E-state index contributed by atoms with van der Waals surface area (Å²) >= 11 is 9.95. The molecule has 9 aromatic rings. The minimum absolute atomic E-state index is 0.0254. The number of aromatic nitrogens is 6. The van der Waals surface area contributed by atoms with Gasteiger partial charge < -0.3 is 20.1 Å². The number of aliphatic hydroxyl groups is 1. The Morgan fingerprint density at radius 1 is 0.590 bits per heavy atom. The van der Waals surface area contributed by atoms with Gasteiger partial charge >= 0.3 is 0 Å². The van der Waals surface area contributed by atoms with E-state index in [-0.39, 0.29) is 56.6 Å². The molecule has 27 heteroatoms. The number of nitrogens with one attached hydrogen (secondary N) is 6. The molecular weight excluding hydrogens is 1280 g/mol. The molecule has 0 amide bonds. The molecule has 1 unspecified atom stereocenters. The number of aliphatic hydroxyl groups excluding tert-OH is 1. The first-order valence-electron chi connectivity index (χ1n) is 23.4. The summed E-state index contributed by atoms with van der Waals surface area (Å²) in [6.07, 6.45) is 10.2. The minimum atomic E-state index is -3.67. The smallest absolute Gasteiger partial charge is 0.232 e. The number of hydrogen-bond donors (Lipinski definition) is 7. The van der Waals surface area contributed by atoms with Gasteiger partial charge in [-0.2, -0.15) is 0 Å². The van der Waals surface area contributed by atoms with Gasteiger partial charge in [0, 0.05) is 83.4 Å². The van der Waals surface area contributed by atoms with Gasteiger partial charge in [-0.15, -0.1) is 0 Å². The molecular formula is C51H49Br3F3N9O9S3. The number of sulfonamides is 3. The Morgan fingerprint density at radius 2 is 1.06 bits per heavy atom. The number of halogens is 6. The number of carbonyl (C=O) groups excluding carboxylic acids is 2. The number of nitrogens with zero attached hydrogens (tertiary/aromatic N) is 3. The lowest BCUT2D eigenvalue weighted by atomic mass is 10.0. The average Bonchev–Trinajstić information content (AvgIpc) is 4.17. The van der Waals surface area contributed by atoms with Crippen molar-refractivity contribution in [1.82, 2.24) is 29.9 Å². The molecule has 3 aromatic carbocycles. The molecule has 7 N–H and O–H groups in total. The van der Waals surface area contributed by atoms with Crippen LogP contribution in [0.3, 0.4) is 0 Å². The molecule has 6 heterocycles. The summed E-state index contributed by atoms with van der Waals surface area (Å²) in [5.41, 5.74) is 1.64. The van der Waals surface area contributed by atoms with Gasteiger partial charge in [-0.3, -0.25) is 23.8 Å². The lowest BCUT2D eigenvalue weighted by Gasteiger charge is -2.15. The molecule has 18 nitrogen and oxygen atoms in total. The van der Waals surface area contributed by atoms with Crippen molar-refractivity contribution < 1.29 is 53.1 Å². The van der Waals surface area contributed by atoms with Crippen molar-refractivity contribution in [3.05, 3.63) is 175 Å². The van der Waals surface area contributed by atoms with Crippen molar-refractivity contribution in [2.24, 2.45) is 0 Å². The maximum atomic E-state index is 14.8. The van der Waals surface area contributed by atoms with Crippen LogP contribution in [0, 0.1) is 17.5 Å². The van der Waals surface area contributed by atoms with Crippen LogP contribution in [-0.2, 0) is 30.1 Å². The zero-order valence-electron chi connectivity index (χ0n) is 41.4. The molecule has 0 spiro atoms. The van der Waals surface area contributed by atoms with Gasteiger partial charge in [0.15, 0.2) is 29.5 Å². The first kappa shape index (κ1) is 60.7. The van der Waals surface area contributed by atoms with E-state index < -0.39 is 59.4 Å². The number of aromatic amines is 3. The monoisotopic (exact) mass is 1320 g/mol. The fraction of sp³-hybridized carbons (Fsp3) is 0.196. The molecule has 1 atom stereocenters. The van der Waals surface area contributed by atoms with Crippen LogP contribution in [0.4, 0.5) is 30.2 Å². The number of aldehydes is 1. The molecule has 78 heavy (non-hydrogen) atoms. The van der Waals surface area contributed by atoms with Gasteiger partial charge in [0.05, 0.1) is 45.4 Å². The first-order valence-corrected chi connectivity index (χ1v) is 30.7. The second kappa shape index (κ2) is 26.9. The second-order valence-electron chi connectivity index (χ2n) is 16.8. The highest BCUT2D eigenvalue weighted by Gasteiger charge is 2.24. The largest absolute Gasteiger partial charge is 0.383 e. The molecule has 9 rings (SSSR count). The summed E-state index contributed by atoms with van der Waals surface area (Å²) in [6.45, 7) is 5.13. The molecule has 0 fully saturated rings. The molecule has 0 saturated heterocycles. The molecule has 0 saturated carbocycles. The number of carbonyl (C=O) groups is 2. The Labute approximate surface area is 472 Å². The predicted molar refractivity (Wildman–Crippen MR) is 307 cm³/mol. The van der Waals surface area contributed by atoms with Crippen molar-refractivity contribution in [2.75, 3.05) is 31.4 Å². The van der Waals surface area contributed by atoms with E-state index in [1.165, 1.54) is 60.8 Å². The quantitative estimate of drug-likeness (QED) is 0.0331. The fourth-order valence-corrected chi connectivity index (χ4v) is 11.8. The lowest BCUT2D eigenvalue weighted by molar-refractivity contribution is 0.103. The van der Waals surface area contributed by atoms with E-state index in [1.807, 2.05) is 18.3 Å². The highest BCUT2D eigenvalue weighted by Crippen LogP contribution is 2.34. The van der Waals surface area contributed by atoms with Gasteiger partial charge in [-0.05, 0) is 122 Å². The number of hydrogen-bond acceptors (Lipinski definition) is 12. The van der Waals surface area contributed by atoms with E-state index in [1.54, 1.807) is 57.7 Å².